The molecule has 5 rings (SSSR count). The van der Waals surface area contributed by atoms with Gasteiger partial charge in [-0.1, -0.05) is 20.8 Å². The van der Waals surface area contributed by atoms with Gasteiger partial charge in [-0.2, -0.15) is 0 Å². The molecule has 10 nitrogen and oxygen atoms in total. The van der Waals surface area contributed by atoms with Crippen molar-refractivity contribution < 1.29 is 29.1 Å². The average molecular weight is 497 g/mol. The van der Waals surface area contributed by atoms with E-state index in [0.717, 1.165) is 30.0 Å². The SMILES string of the molecule is CC(C)(C)C1CC(N2CC(C(=O)O)C2)CCN1c1ccc2c(c1)C(=O)N(C1CCC(=O)NC1=O)C2=O. The molecule has 3 fully saturated rings. The Morgan fingerprint density at radius 1 is 1.03 bits per heavy atom. The second kappa shape index (κ2) is 8.69. The summed E-state index contributed by atoms with van der Waals surface area (Å²) in [6, 6.07) is 4.75. The van der Waals surface area contributed by atoms with Gasteiger partial charge >= 0.3 is 5.97 Å². The molecule has 2 N–H and O–H groups in total. The van der Waals surface area contributed by atoms with Crippen LogP contribution in [-0.4, -0.2) is 82.3 Å². The standard InChI is InChI=1S/C26H32N4O6/c1-26(2,3)20-11-15(28-12-14(13-28)25(35)36)8-9-29(20)16-4-5-17-18(10-16)24(34)30(23(17)33)19-6-7-21(31)27-22(19)32/h4-5,10,14-15,19-20H,6-9,11-13H2,1-3H3,(H,35,36)(H,27,31,32). The van der Waals surface area contributed by atoms with Crippen LogP contribution in [0.2, 0.25) is 0 Å². The quantitative estimate of drug-likeness (QED) is 0.601. The minimum Gasteiger partial charge on any atom is -0.481 e. The van der Waals surface area contributed by atoms with E-state index in [9.17, 15) is 29.1 Å². The molecule has 4 aliphatic rings. The van der Waals surface area contributed by atoms with Crippen LogP contribution in [0.1, 0.15) is 67.2 Å². The summed E-state index contributed by atoms with van der Waals surface area (Å²) in [7, 11) is 0. The lowest BCUT2D eigenvalue weighted by Gasteiger charge is -2.52. The molecule has 3 atom stereocenters. The third-order valence-electron chi connectivity index (χ3n) is 8.10. The van der Waals surface area contributed by atoms with Crippen LogP contribution in [0.15, 0.2) is 18.2 Å². The number of benzene rings is 1. The number of nitrogens with zero attached hydrogens (tertiary/aromatic N) is 3. The molecule has 0 aliphatic carbocycles. The first kappa shape index (κ1) is 24.4. The summed E-state index contributed by atoms with van der Waals surface area (Å²) >= 11 is 0. The lowest BCUT2D eigenvalue weighted by atomic mass is 9.77. The van der Waals surface area contributed by atoms with E-state index in [1.54, 1.807) is 12.1 Å². The van der Waals surface area contributed by atoms with Crippen LogP contribution in [0.3, 0.4) is 0 Å². The third kappa shape index (κ3) is 4.07. The van der Waals surface area contributed by atoms with Gasteiger partial charge in [-0.15, -0.1) is 0 Å². The van der Waals surface area contributed by atoms with Crippen LogP contribution >= 0.6 is 0 Å². The van der Waals surface area contributed by atoms with Crippen LogP contribution in [0.25, 0.3) is 0 Å². The zero-order chi connectivity index (χ0) is 25.9. The summed E-state index contributed by atoms with van der Waals surface area (Å²) in [6.07, 6.45) is 1.97. The number of rotatable bonds is 4. The number of carbonyl (C=O) groups is 5. The first-order chi connectivity index (χ1) is 17.0. The summed E-state index contributed by atoms with van der Waals surface area (Å²) in [6.45, 7) is 8.45. The number of amides is 4. The lowest BCUT2D eigenvalue weighted by molar-refractivity contribution is -0.149. The van der Waals surface area contributed by atoms with E-state index < -0.39 is 35.6 Å². The van der Waals surface area contributed by atoms with Crippen LogP contribution in [-0.2, 0) is 14.4 Å². The molecule has 4 heterocycles. The fourth-order valence-electron chi connectivity index (χ4n) is 6.01. The van der Waals surface area contributed by atoms with E-state index >= 15 is 0 Å². The maximum Gasteiger partial charge on any atom is 0.309 e. The number of carboxylic acids is 1. The van der Waals surface area contributed by atoms with E-state index in [1.807, 2.05) is 6.07 Å². The van der Waals surface area contributed by atoms with Crippen molar-refractivity contribution in [3.63, 3.8) is 0 Å². The minimum absolute atomic E-state index is 0.0761. The summed E-state index contributed by atoms with van der Waals surface area (Å²) in [4.78, 5) is 67.0. The van der Waals surface area contributed by atoms with Crippen molar-refractivity contribution in [1.29, 1.82) is 0 Å². The van der Waals surface area contributed by atoms with Gasteiger partial charge in [0.05, 0.1) is 17.0 Å². The molecule has 0 aromatic heterocycles. The normalized spacial score (nSPS) is 27.7. The molecule has 36 heavy (non-hydrogen) atoms. The Morgan fingerprint density at radius 2 is 1.72 bits per heavy atom. The second-order valence-electron chi connectivity index (χ2n) is 11.4. The van der Waals surface area contributed by atoms with Gasteiger partial charge < -0.3 is 10.0 Å². The number of piperidine rings is 2. The molecule has 10 heteroatoms. The Kier molecular flexibility index (Phi) is 5.89. The van der Waals surface area contributed by atoms with Crippen molar-refractivity contribution in [1.82, 2.24) is 15.1 Å². The van der Waals surface area contributed by atoms with Crippen molar-refractivity contribution in [2.24, 2.45) is 11.3 Å². The van der Waals surface area contributed by atoms with Gasteiger partial charge in [-0.3, -0.25) is 39.1 Å². The maximum atomic E-state index is 13.3. The van der Waals surface area contributed by atoms with E-state index in [-0.39, 0.29) is 41.3 Å². The molecule has 1 aromatic carbocycles. The zero-order valence-corrected chi connectivity index (χ0v) is 20.8. The molecular weight excluding hydrogens is 464 g/mol. The number of imide groups is 2. The summed E-state index contributed by atoms with van der Waals surface area (Å²) in [5.41, 5.74) is 1.33. The number of carbonyl (C=O) groups excluding carboxylic acids is 4. The number of anilines is 1. The zero-order valence-electron chi connectivity index (χ0n) is 20.8. The highest BCUT2D eigenvalue weighted by atomic mass is 16.4. The highest BCUT2D eigenvalue weighted by molar-refractivity contribution is 6.23. The first-order valence-corrected chi connectivity index (χ1v) is 12.5. The molecule has 0 saturated carbocycles. The Balaban J connectivity index is 1.37. The summed E-state index contributed by atoms with van der Waals surface area (Å²) < 4.78 is 0. The van der Waals surface area contributed by atoms with Gasteiger partial charge in [-0.25, -0.2) is 0 Å². The predicted octanol–water partition coefficient (Wildman–Crippen LogP) is 1.49. The van der Waals surface area contributed by atoms with Crippen LogP contribution in [0.4, 0.5) is 5.69 Å². The second-order valence-corrected chi connectivity index (χ2v) is 11.4. The van der Waals surface area contributed by atoms with Crippen molar-refractivity contribution in [3.05, 3.63) is 29.3 Å². The Morgan fingerprint density at radius 3 is 2.36 bits per heavy atom. The Labute approximate surface area is 209 Å². The topological polar surface area (TPSA) is 127 Å². The number of hydrogen-bond donors (Lipinski definition) is 2. The third-order valence-corrected chi connectivity index (χ3v) is 8.10. The number of nitrogens with one attached hydrogen (secondary N) is 1. The van der Waals surface area contributed by atoms with Crippen LogP contribution in [0, 0.1) is 11.3 Å². The molecule has 1 aromatic rings. The molecular formula is C26H32N4O6. The number of likely N-dealkylation sites (tertiary alicyclic amines) is 1. The van der Waals surface area contributed by atoms with Crippen molar-refractivity contribution >= 4 is 35.3 Å². The van der Waals surface area contributed by atoms with Gasteiger partial charge in [0.25, 0.3) is 11.8 Å². The molecule has 4 amide bonds. The molecule has 0 bridgehead atoms. The summed E-state index contributed by atoms with van der Waals surface area (Å²) in [5.74, 6) is -3.05. The molecule has 4 aliphatic heterocycles. The summed E-state index contributed by atoms with van der Waals surface area (Å²) in [5, 5.41) is 11.5. The first-order valence-electron chi connectivity index (χ1n) is 12.5. The van der Waals surface area contributed by atoms with Gasteiger partial charge in [0.2, 0.25) is 11.8 Å². The van der Waals surface area contributed by atoms with E-state index in [1.165, 1.54) is 0 Å². The van der Waals surface area contributed by atoms with E-state index in [4.69, 9.17) is 0 Å². The number of aliphatic carboxylic acids is 1. The van der Waals surface area contributed by atoms with Gasteiger partial charge in [-0.05, 0) is 42.9 Å². The predicted molar refractivity (Wildman–Crippen MR) is 129 cm³/mol. The highest BCUT2D eigenvalue weighted by Gasteiger charge is 2.46. The van der Waals surface area contributed by atoms with Crippen molar-refractivity contribution in [2.75, 3.05) is 24.5 Å². The highest BCUT2D eigenvalue weighted by Crippen LogP contribution is 2.40. The van der Waals surface area contributed by atoms with Crippen molar-refractivity contribution in [2.45, 2.75) is 64.6 Å². The molecule has 3 unspecified atom stereocenters. The smallest absolute Gasteiger partial charge is 0.309 e. The average Bonchev–Trinajstić information content (AvgIpc) is 3.02. The fraction of sp³-hybridized carbons (Fsp3) is 0.577. The monoisotopic (exact) mass is 496 g/mol. The lowest BCUT2D eigenvalue weighted by Crippen LogP contribution is -2.60. The number of fused-ring (bicyclic) bond motifs is 1. The molecule has 3 saturated heterocycles. The van der Waals surface area contributed by atoms with Crippen molar-refractivity contribution in [3.8, 4) is 0 Å². The number of carboxylic acid groups (broad SMARTS) is 1. The Bertz CT molecular complexity index is 1150. The fourth-order valence-corrected chi connectivity index (χ4v) is 6.01. The molecule has 0 radical (unpaired) electrons. The van der Waals surface area contributed by atoms with Crippen LogP contribution < -0.4 is 10.2 Å². The van der Waals surface area contributed by atoms with E-state index in [2.05, 4.69) is 35.9 Å². The number of hydrogen-bond acceptors (Lipinski definition) is 7. The molecule has 0 spiro atoms. The minimum atomic E-state index is -0.984. The van der Waals surface area contributed by atoms with Gasteiger partial charge in [0.1, 0.15) is 6.04 Å². The largest absolute Gasteiger partial charge is 0.481 e. The molecule has 192 valence electrons. The maximum absolute atomic E-state index is 13.3. The van der Waals surface area contributed by atoms with E-state index in [0.29, 0.717) is 19.1 Å². The van der Waals surface area contributed by atoms with Crippen LogP contribution in [0.5, 0.6) is 0 Å². The van der Waals surface area contributed by atoms with Gasteiger partial charge in [0, 0.05) is 43.8 Å². The van der Waals surface area contributed by atoms with Gasteiger partial charge in [0.15, 0.2) is 0 Å². The Hall–Kier alpha value is -3.27.